The molecule has 0 radical (unpaired) electrons. The molecule has 0 spiro atoms. The first kappa shape index (κ1) is 18.0. The molecule has 2 aromatic rings. The van der Waals surface area contributed by atoms with Crippen LogP contribution in [0, 0.1) is 11.0 Å². The number of quaternary nitrogens is 1. The van der Waals surface area contributed by atoms with E-state index in [0.29, 0.717) is 11.1 Å². The predicted molar refractivity (Wildman–Crippen MR) is 83.3 cm³/mol. The van der Waals surface area contributed by atoms with Crippen LogP contribution in [0.1, 0.15) is 18.4 Å². The largest absolute Gasteiger partial charge is 0.566 e. The van der Waals surface area contributed by atoms with Crippen molar-refractivity contribution >= 4 is 5.97 Å². The van der Waals surface area contributed by atoms with E-state index in [1.807, 2.05) is 18.2 Å². The van der Waals surface area contributed by atoms with Crippen molar-refractivity contribution in [3.8, 4) is 11.1 Å². The first-order chi connectivity index (χ1) is 11.5. The number of benzene rings is 2. The molecule has 0 bridgehead atoms. The molecule has 0 aliphatic heterocycles. The molecular weight excluding hydrogens is 317 g/mol. The average Bonchev–Trinajstić information content (AvgIpc) is 2.58. The molecule has 0 amide bonds. The van der Waals surface area contributed by atoms with E-state index in [-0.39, 0.29) is 13.2 Å². The van der Waals surface area contributed by atoms with Gasteiger partial charge in [-0.25, -0.2) is 4.39 Å². The molecule has 2 aromatic carbocycles. The van der Waals surface area contributed by atoms with Crippen molar-refractivity contribution in [1.29, 1.82) is 0 Å². The average molecular weight is 335 g/mol. The third kappa shape index (κ3) is 4.84. The summed E-state index contributed by atoms with van der Waals surface area (Å²) in [6, 6.07) is 13.7. The highest BCUT2D eigenvalue weighted by Gasteiger charge is 2.18. The minimum atomic E-state index is -1.43. The Labute approximate surface area is 138 Å². The second kappa shape index (κ2) is 8.51. The van der Waals surface area contributed by atoms with Crippen molar-refractivity contribution in [2.24, 2.45) is 0 Å². The van der Waals surface area contributed by atoms with E-state index < -0.39 is 23.1 Å². The van der Waals surface area contributed by atoms with Gasteiger partial charge in [-0.1, -0.05) is 47.9 Å². The molecule has 7 heteroatoms. The summed E-state index contributed by atoms with van der Waals surface area (Å²) in [4.78, 5) is 16.1. The molecule has 6 nitrogen and oxygen atoms in total. The summed E-state index contributed by atoms with van der Waals surface area (Å²) in [6.45, 7) is 1.17. The van der Waals surface area contributed by atoms with Gasteiger partial charge in [0.05, 0.1) is 5.92 Å². The standard InChI is InChI=1S/C17H18FNO5/c1-12(17(20)23-9-10-24-19(21)22)14-7-8-15(16(18)11-14)13-5-3-2-4-6-13/h2-8,11-12,19,21H,9-10H2,1H3/t12-/m1/s1. The Kier molecular flexibility index (Phi) is 6.39. The number of halogens is 1. The van der Waals surface area contributed by atoms with Gasteiger partial charge in [0, 0.05) is 5.56 Å². The maximum atomic E-state index is 14.3. The summed E-state index contributed by atoms with van der Waals surface area (Å²) in [6.07, 6.45) is 0. The fraction of sp³-hybridized carbons (Fsp3) is 0.235. The fourth-order valence-electron chi connectivity index (χ4n) is 2.18. The molecule has 0 aliphatic carbocycles. The van der Waals surface area contributed by atoms with Crippen LogP contribution < -0.4 is 5.39 Å². The molecule has 0 aromatic heterocycles. The van der Waals surface area contributed by atoms with E-state index in [9.17, 15) is 14.4 Å². The van der Waals surface area contributed by atoms with Crippen molar-refractivity contribution < 1.29 is 29.4 Å². The monoisotopic (exact) mass is 335 g/mol. The Bertz CT molecular complexity index is 678. The number of rotatable bonds is 7. The van der Waals surface area contributed by atoms with Gasteiger partial charge in [0.1, 0.15) is 19.0 Å². The molecule has 0 saturated carbocycles. The van der Waals surface area contributed by atoms with Crippen LogP contribution in [0.3, 0.4) is 0 Å². The van der Waals surface area contributed by atoms with E-state index >= 15 is 0 Å². The maximum absolute atomic E-state index is 14.3. The summed E-state index contributed by atoms with van der Waals surface area (Å²) in [5, 5.41) is 17.1. The molecule has 24 heavy (non-hydrogen) atoms. The molecule has 2 atom stereocenters. The van der Waals surface area contributed by atoms with Crippen LogP contribution in [0.2, 0.25) is 0 Å². The number of hydrogen-bond donors (Lipinski definition) is 2. The third-order valence-corrected chi connectivity index (χ3v) is 3.48. The molecule has 0 aliphatic rings. The lowest BCUT2D eigenvalue weighted by Gasteiger charge is -2.14. The molecule has 0 heterocycles. The number of ether oxygens (including phenoxy) is 1. The van der Waals surface area contributed by atoms with Crippen LogP contribution in [0.15, 0.2) is 48.5 Å². The van der Waals surface area contributed by atoms with Gasteiger partial charge in [-0.3, -0.25) is 4.79 Å². The number of nitrogens with one attached hydrogen (secondary N) is 1. The quantitative estimate of drug-likeness (QED) is 0.458. The zero-order chi connectivity index (χ0) is 17.5. The lowest BCUT2D eigenvalue weighted by Crippen LogP contribution is -3.03. The SMILES string of the molecule is C[C@@H](C(=O)OCCO[NH+]([O-])O)c1ccc(-c2ccccc2)c(F)c1. The third-order valence-electron chi connectivity index (χ3n) is 3.48. The van der Waals surface area contributed by atoms with E-state index in [4.69, 9.17) is 9.94 Å². The van der Waals surface area contributed by atoms with Crippen LogP contribution in [0.25, 0.3) is 11.1 Å². The summed E-state index contributed by atoms with van der Waals surface area (Å²) in [5.41, 5.74) is 1.69. The van der Waals surface area contributed by atoms with Crippen LogP contribution in [-0.2, 0) is 14.4 Å². The first-order valence-electron chi connectivity index (χ1n) is 7.36. The van der Waals surface area contributed by atoms with Crippen molar-refractivity contribution in [2.45, 2.75) is 12.8 Å². The molecule has 128 valence electrons. The number of carbonyl (C=O) groups is 1. The van der Waals surface area contributed by atoms with Gasteiger partial charge in [0.25, 0.3) is 0 Å². The molecule has 2 rings (SSSR count). The fourth-order valence-corrected chi connectivity index (χ4v) is 2.18. The smallest absolute Gasteiger partial charge is 0.313 e. The molecule has 1 unspecified atom stereocenters. The maximum Gasteiger partial charge on any atom is 0.313 e. The molecule has 2 N–H and O–H groups in total. The Balaban J connectivity index is 2.01. The minimum Gasteiger partial charge on any atom is -0.566 e. The van der Waals surface area contributed by atoms with Gasteiger partial charge in [-0.2, -0.15) is 10.0 Å². The van der Waals surface area contributed by atoms with E-state index in [1.165, 1.54) is 6.07 Å². The first-order valence-corrected chi connectivity index (χ1v) is 7.36. The zero-order valence-corrected chi connectivity index (χ0v) is 13.1. The minimum absolute atomic E-state index is 0.181. The summed E-state index contributed by atoms with van der Waals surface area (Å²) < 4.78 is 19.2. The predicted octanol–water partition coefficient (Wildman–Crippen LogP) is 1.84. The summed E-state index contributed by atoms with van der Waals surface area (Å²) >= 11 is 0. The molecular formula is C17H18FNO5. The highest BCUT2D eigenvalue weighted by molar-refractivity contribution is 5.78. The Hall–Kier alpha value is -2.32. The highest BCUT2D eigenvalue weighted by atomic mass is 19.1. The van der Waals surface area contributed by atoms with Gasteiger partial charge < -0.3 is 9.94 Å². The Morgan fingerprint density at radius 1 is 1.25 bits per heavy atom. The Morgan fingerprint density at radius 3 is 2.58 bits per heavy atom. The highest BCUT2D eigenvalue weighted by Crippen LogP contribution is 2.26. The number of hydrogen-bond acceptors (Lipinski definition) is 5. The Morgan fingerprint density at radius 2 is 1.96 bits per heavy atom. The van der Waals surface area contributed by atoms with Gasteiger partial charge >= 0.3 is 5.97 Å². The van der Waals surface area contributed by atoms with Crippen LogP contribution in [0.4, 0.5) is 4.39 Å². The molecule has 0 fully saturated rings. The van der Waals surface area contributed by atoms with Gasteiger partial charge in [0.2, 0.25) is 0 Å². The van der Waals surface area contributed by atoms with Gasteiger partial charge in [-0.15, -0.1) is 0 Å². The summed E-state index contributed by atoms with van der Waals surface area (Å²) in [5.74, 6) is -1.67. The van der Waals surface area contributed by atoms with Crippen LogP contribution in [-0.4, -0.2) is 24.4 Å². The van der Waals surface area contributed by atoms with E-state index in [1.54, 1.807) is 31.2 Å². The lowest BCUT2D eigenvalue weighted by atomic mass is 9.97. The van der Waals surface area contributed by atoms with Gasteiger partial charge in [-0.05, 0) is 24.1 Å². The zero-order valence-electron chi connectivity index (χ0n) is 13.1. The van der Waals surface area contributed by atoms with E-state index in [2.05, 4.69) is 4.84 Å². The summed E-state index contributed by atoms with van der Waals surface area (Å²) in [7, 11) is 0. The van der Waals surface area contributed by atoms with Crippen molar-refractivity contribution in [3.05, 3.63) is 65.1 Å². The molecule has 0 saturated heterocycles. The van der Waals surface area contributed by atoms with Crippen LogP contribution >= 0.6 is 0 Å². The second-order valence-electron chi connectivity index (χ2n) is 5.11. The van der Waals surface area contributed by atoms with Crippen molar-refractivity contribution in [3.63, 3.8) is 0 Å². The number of carbonyl (C=O) groups excluding carboxylic acids is 1. The van der Waals surface area contributed by atoms with Gasteiger partial charge in [0.15, 0.2) is 0 Å². The van der Waals surface area contributed by atoms with Crippen LogP contribution in [0.5, 0.6) is 0 Å². The van der Waals surface area contributed by atoms with Crippen molar-refractivity contribution in [2.75, 3.05) is 13.2 Å². The van der Waals surface area contributed by atoms with E-state index in [0.717, 1.165) is 5.56 Å². The normalized spacial score (nSPS) is 13.3. The number of esters is 1. The van der Waals surface area contributed by atoms with Crippen molar-refractivity contribution in [1.82, 2.24) is 0 Å². The lowest BCUT2D eigenvalue weighted by molar-refractivity contribution is -1.21. The topological polar surface area (TPSA) is 83.3 Å². The second-order valence-corrected chi connectivity index (χ2v) is 5.11.